The van der Waals surface area contributed by atoms with Crippen LogP contribution in [-0.4, -0.2) is 24.8 Å². The van der Waals surface area contributed by atoms with E-state index in [-0.39, 0.29) is 40.7 Å². The molecule has 0 aliphatic carbocycles. The molecular formula is C12H6NNaO5S. The van der Waals surface area contributed by atoms with E-state index in [9.17, 15) is 18.3 Å². The minimum absolute atomic E-state index is 0. The van der Waals surface area contributed by atoms with Gasteiger partial charge in [0.2, 0.25) is 0 Å². The van der Waals surface area contributed by atoms with Gasteiger partial charge in [-0.05, 0) is 29.0 Å². The van der Waals surface area contributed by atoms with E-state index in [1.165, 1.54) is 12.1 Å². The van der Waals surface area contributed by atoms with Crippen LogP contribution in [0.15, 0.2) is 40.2 Å². The zero-order chi connectivity index (χ0) is 13.8. The zero-order valence-electron chi connectivity index (χ0n) is 10.3. The Morgan fingerprint density at radius 3 is 2.50 bits per heavy atom. The van der Waals surface area contributed by atoms with Crippen LogP contribution in [0.3, 0.4) is 0 Å². The van der Waals surface area contributed by atoms with E-state index >= 15 is 0 Å². The van der Waals surface area contributed by atoms with Gasteiger partial charge in [0.05, 0.1) is 10.5 Å². The fourth-order valence-corrected chi connectivity index (χ4v) is 2.65. The van der Waals surface area contributed by atoms with E-state index in [1.807, 2.05) is 0 Å². The van der Waals surface area contributed by atoms with Crippen LogP contribution in [-0.2, 0) is 10.1 Å². The summed E-state index contributed by atoms with van der Waals surface area (Å²) >= 11 is 0. The van der Waals surface area contributed by atoms with Gasteiger partial charge in [-0.3, -0.25) is 9.35 Å². The molecule has 1 aliphatic heterocycles. The first-order valence-corrected chi connectivity index (χ1v) is 6.66. The number of hydrogen-bond acceptors (Lipinski definition) is 4. The molecule has 2 aromatic rings. The average Bonchev–Trinajstić information content (AvgIpc) is 2.34. The standard InChI is InChI=1S/C12H7NO5S.Na/c14-11-8-3-1-2-6-4-7(19(16,17)18)5-9(10(6)8)12(15)13-11;/h1-5H,(H,13,14,15)(H,16,17,18);/q;+1/p-1. The van der Waals surface area contributed by atoms with Crippen LogP contribution in [0.5, 0.6) is 0 Å². The largest absolute Gasteiger partial charge is 1.00 e. The summed E-state index contributed by atoms with van der Waals surface area (Å²) in [7, 11) is -4.43. The van der Waals surface area contributed by atoms with Crippen LogP contribution >= 0.6 is 0 Å². The van der Waals surface area contributed by atoms with Crippen molar-refractivity contribution >= 4 is 32.7 Å². The van der Waals surface area contributed by atoms with Crippen molar-refractivity contribution in [3.63, 3.8) is 0 Å². The third-order valence-electron chi connectivity index (χ3n) is 2.91. The van der Waals surface area contributed by atoms with Crippen LogP contribution < -0.4 is 34.7 Å². The molecule has 0 atom stereocenters. The molecule has 1 N–H and O–H groups in total. The second-order valence-corrected chi connectivity index (χ2v) is 5.49. The van der Waals surface area contributed by atoms with Crippen molar-refractivity contribution in [2.24, 2.45) is 4.99 Å². The van der Waals surface area contributed by atoms with Gasteiger partial charge in [-0.1, -0.05) is 18.2 Å². The van der Waals surface area contributed by atoms with Crippen LogP contribution in [0.1, 0.15) is 15.9 Å². The average molecular weight is 299 g/mol. The van der Waals surface area contributed by atoms with Gasteiger partial charge >= 0.3 is 29.6 Å². The number of amides is 1. The van der Waals surface area contributed by atoms with Crippen molar-refractivity contribution in [2.75, 3.05) is 0 Å². The van der Waals surface area contributed by atoms with Gasteiger partial charge in [0.15, 0.2) is 0 Å². The molecule has 0 fully saturated rings. The second-order valence-electron chi connectivity index (χ2n) is 4.07. The summed E-state index contributed by atoms with van der Waals surface area (Å²) in [6.07, 6.45) is 0. The number of hydrogen-bond donors (Lipinski definition) is 1. The van der Waals surface area contributed by atoms with E-state index in [0.717, 1.165) is 6.07 Å². The Hall–Kier alpha value is -1.25. The first-order valence-electron chi connectivity index (χ1n) is 5.22. The summed E-state index contributed by atoms with van der Waals surface area (Å²) in [4.78, 5) is 14.6. The minimum atomic E-state index is -4.43. The molecule has 0 aromatic heterocycles. The number of benzene rings is 2. The number of carbonyl (C=O) groups excluding carboxylic acids is 1. The van der Waals surface area contributed by atoms with Gasteiger partial charge in [-0.15, -0.1) is 0 Å². The summed E-state index contributed by atoms with van der Waals surface area (Å²) in [5, 5.41) is 12.4. The van der Waals surface area contributed by atoms with Crippen molar-refractivity contribution < 1.29 is 52.4 Å². The van der Waals surface area contributed by atoms with Gasteiger partial charge in [-0.25, -0.2) is 4.99 Å². The van der Waals surface area contributed by atoms with Gasteiger partial charge in [0.1, 0.15) is 0 Å². The number of carbonyl (C=O) groups is 1. The van der Waals surface area contributed by atoms with E-state index in [2.05, 4.69) is 4.99 Å². The molecular weight excluding hydrogens is 293 g/mol. The summed E-state index contributed by atoms with van der Waals surface area (Å²) in [5.74, 6) is -1.46. The maximum atomic E-state index is 11.7. The van der Waals surface area contributed by atoms with Crippen LogP contribution in [0.4, 0.5) is 0 Å². The normalized spacial score (nSPS) is 13.8. The molecule has 1 aliphatic rings. The Morgan fingerprint density at radius 1 is 1.15 bits per heavy atom. The molecule has 96 valence electrons. The van der Waals surface area contributed by atoms with Crippen molar-refractivity contribution in [1.29, 1.82) is 0 Å². The summed E-state index contributed by atoms with van der Waals surface area (Å²) in [6.45, 7) is 0. The Labute approximate surface area is 136 Å². The van der Waals surface area contributed by atoms with Gasteiger partial charge in [0, 0.05) is 5.39 Å². The van der Waals surface area contributed by atoms with Crippen molar-refractivity contribution in [3.05, 3.63) is 41.5 Å². The summed E-state index contributed by atoms with van der Waals surface area (Å²) in [5.41, 5.74) is 0.245. The van der Waals surface area contributed by atoms with Gasteiger partial charge < -0.3 is 5.11 Å². The molecule has 3 rings (SSSR count). The molecule has 0 bridgehead atoms. The van der Waals surface area contributed by atoms with Crippen molar-refractivity contribution in [1.82, 2.24) is 0 Å². The van der Waals surface area contributed by atoms with Crippen LogP contribution in [0.2, 0.25) is 0 Å². The minimum Gasteiger partial charge on any atom is -0.858 e. The fraction of sp³-hybridized carbons (Fsp3) is 0. The predicted molar refractivity (Wildman–Crippen MR) is 64.6 cm³/mol. The molecule has 6 nitrogen and oxygen atoms in total. The SMILES string of the molecule is O=C1N=C([O-])c2cccc3cc(S(=O)(=O)O)cc1c23.[Na+]. The number of nitrogens with zero attached hydrogens (tertiary/aromatic N) is 1. The molecule has 1 amide bonds. The summed E-state index contributed by atoms with van der Waals surface area (Å²) in [6, 6.07) is 6.86. The molecule has 1 heterocycles. The van der Waals surface area contributed by atoms with Crippen LogP contribution in [0.25, 0.3) is 10.8 Å². The number of aliphatic imine (C=N–C) groups is 1. The molecule has 0 spiro atoms. The molecule has 8 heteroatoms. The fourth-order valence-electron chi connectivity index (χ4n) is 2.11. The molecule has 2 aromatic carbocycles. The second kappa shape index (κ2) is 4.94. The van der Waals surface area contributed by atoms with Crippen LogP contribution in [0, 0.1) is 0 Å². The Balaban J connectivity index is 0.00000147. The maximum absolute atomic E-state index is 11.7. The third kappa shape index (κ3) is 2.27. The Morgan fingerprint density at radius 2 is 1.85 bits per heavy atom. The molecule has 0 saturated carbocycles. The zero-order valence-corrected chi connectivity index (χ0v) is 13.1. The molecule has 20 heavy (non-hydrogen) atoms. The molecule has 0 saturated heterocycles. The quantitative estimate of drug-likeness (QED) is 0.457. The topological polar surface area (TPSA) is 107 Å². The predicted octanol–water partition coefficient (Wildman–Crippen LogP) is -2.65. The molecule has 0 radical (unpaired) electrons. The number of rotatable bonds is 1. The van der Waals surface area contributed by atoms with E-state index < -0.39 is 26.8 Å². The van der Waals surface area contributed by atoms with Gasteiger partial charge in [0.25, 0.3) is 16.0 Å². The molecule has 0 unspecified atom stereocenters. The van der Waals surface area contributed by atoms with E-state index in [0.29, 0.717) is 10.8 Å². The van der Waals surface area contributed by atoms with E-state index in [4.69, 9.17) is 4.55 Å². The Kier molecular flexibility index (Phi) is 3.74. The monoisotopic (exact) mass is 299 g/mol. The maximum Gasteiger partial charge on any atom is 1.00 e. The van der Waals surface area contributed by atoms with Gasteiger partial charge in [-0.2, -0.15) is 8.42 Å². The smallest absolute Gasteiger partial charge is 0.858 e. The third-order valence-corrected chi connectivity index (χ3v) is 3.74. The van der Waals surface area contributed by atoms with Crippen molar-refractivity contribution in [2.45, 2.75) is 4.90 Å². The van der Waals surface area contributed by atoms with E-state index in [1.54, 1.807) is 12.1 Å². The summed E-state index contributed by atoms with van der Waals surface area (Å²) < 4.78 is 31.4. The Bertz CT molecular complexity index is 873. The van der Waals surface area contributed by atoms with Crippen molar-refractivity contribution in [3.8, 4) is 0 Å². The first-order chi connectivity index (χ1) is 8.88. The first kappa shape index (κ1) is 15.1.